The van der Waals surface area contributed by atoms with Gasteiger partial charge < -0.3 is 15.4 Å². The lowest BCUT2D eigenvalue weighted by Gasteiger charge is -2.18. The number of carbonyl (C=O) groups is 2. The molecule has 0 saturated heterocycles. The van der Waals surface area contributed by atoms with Crippen molar-refractivity contribution >= 4 is 67.2 Å². The highest BCUT2D eigenvalue weighted by atomic mass is 79.9. The summed E-state index contributed by atoms with van der Waals surface area (Å²) in [4.78, 5) is 24.3. The molecule has 0 radical (unpaired) electrons. The van der Waals surface area contributed by atoms with Crippen LogP contribution < -0.4 is 15.4 Å². The first-order valence-corrected chi connectivity index (χ1v) is 11.1. The van der Waals surface area contributed by atoms with Gasteiger partial charge in [-0.05, 0) is 43.3 Å². The first kappa shape index (κ1) is 19.9. The zero-order valence-corrected chi connectivity index (χ0v) is 18.4. The van der Waals surface area contributed by atoms with E-state index in [2.05, 4.69) is 36.8 Å². The predicted octanol–water partition coefficient (Wildman–Crippen LogP) is 4.74. The molecule has 10 heteroatoms. The molecule has 7 nitrogen and oxygen atoms in total. The first-order valence-electron chi connectivity index (χ1n) is 8.61. The van der Waals surface area contributed by atoms with Gasteiger partial charge in [0.25, 0.3) is 5.91 Å². The van der Waals surface area contributed by atoms with E-state index in [9.17, 15) is 9.59 Å². The SMILES string of the molecule is CC(Sc1nnc(Nc2cccc(Br)c2)s1)C(=O)c1ccc2c(c1)NC(=O)CO2. The average molecular weight is 491 g/mol. The molecular formula is C19H15BrN4O3S2. The number of ketones is 1. The number of benzene rings is 2. The summed E-state index contributed by atoms with van der Waals surface area (Å²) in [5, 5.41) is 14.5. The lowest BCUT2D eigenvalue weighted by atomic mass is 10.1. The molecule has 2 heterocycles. The van der Waals surface area contributed by atoms with Crippen molar-refractivity contribution in [2.45, 2.75) is 16.5 Å². The van der Waals surface area contributed by atoms with Gasteiger partial charge in [0, 0.05) is 15.7 Å². The van der Waals surface area contributed by atoms with Crippen LogP contribution >= 0.6 is 39.0 Å². The van der Waals surface area contributed by atoms with Crippen LogP contribution in [-0.2, 0) is 4.79 Å². The van der Waals surface area contributed by atoms with Crippen molar-refractivity contribution in [2.24, 2.45) is 0 Å². The molecule has 1 aliphatic rings. The zero-order chi connectivity index (χ0) is 20.4. The number of hydrogen-bond donors (Lipinski definition) is 2. The van der Waals surface area contributed by atoms with Crippen LogP contribution in [0.25, 0.3) is 0 Å². The molecule has 2 aromatic carbocycles. The number of fused-ring (bicyclic) bond motifs is 1. The third-order valence-electron chi connectivity index (χ3n) is 4.03. The van der Waals surface area contributed by atoms with Gasteiger partial charge in [0.05, 0.1) is 10.9 Å². The van der Waals surface area contributed by atoms with E-state index in [0.717, 1.165) is 10.2 Å². The van der Waals surface area contributed by atoms with Gasteiger partial charge in [0.1, 0.15) is 5.75 Å². The summed E-state index contributed by atoms with van der Waals surface area (Å²) in [6.07, 6.45) is 0. The molecule has 0 fully saturated rings. The number of hydrogen-bond acceptors (Lipinski definition) is 8. The largest absolute Gasteiger partial charge is 0.482 e. The Kier molecular flexibility index (Phi) is 5.84. The number of thioether (sulfide) groups is 1. The number of nitrogens with zero attached hydrogens (tertiary/aromatic N) is 2. The standard InChI is InChI=1S/C19H15BrN4O3S2/c1-10(17(26)11-5-6-15-14(7-11)22-16(25)9-27-15)28-19-24-23-18(29-19)21-13-4-2-3-12(20)8-13/h2-8,10H,9H2,1H3,(H,21,23)(H,22,25). The van der Waals surface area contributed by atoms with Crippen LogP contribution in [0.4, 0.5) is 16.5 Å². The van der Waals surface area contributed by atoms with E-state index >= 15 is 0 Å². The monoisotopic (exact) mass is 490 g/mol. The van der Waals surface area contributed by atoms with Gasteiger partial charge in [0.15, 0.2) is 16.7 Å². The Morgan fingerprint density at radius 3 is 3.00 bits per heavy atom. The number of Topliss-reactive ketones (excluding diaryl/α,β-unsaturated/α-hetero) is 1. The number of amides is 1. The highest BCUT2D eigenvalue weighted by Crippen LogP contribution is 2.34. The van der Waals surface area contributed by atoms with E-state index < -0.39 is 0 Å². The molecule has 1 unspecified atom stereocenters. The van der Waals surface area contributed by atoms with Gasteiger partial charge in [0.2, 0.25) is 5.13 Å². The van der Waals surface area contributed by atoms with Gasteiger partial charge in [-0.15, -0.1) is 10.2 Å². The highest BCUT2D eigenvalue weighted by Gasteiger charge is 2.22. The molecular weight excluding hydrogens is 476 g/mol. The molecule has 3 aromatic rings. The Hall–Kier alpha value is -2.43. The van der Waals surface area contributed by atoms with Crippen LogP contribution in [-0.4, -0.2) is 33.7 Å². The second kappa shape index (κ2) is 8.52. The molecule has 0 spiro atoms. The van der Waals surface area contributed by atoms with Crippen LogP contribution in [0.5, 0.6) is 5.75 Å². The summed E-state index contributed by atoms with van der Waals surface area (Å²) >= 11 is 6.16. The molecule has 29 heavy (non-hydrogen) atoms. The third-order valence-corrected chi connectivity index (χ3v) is 6.54. The fourth-order valence-corrected chi connectivity index (χ4v) is 5.07. The lowest BCUT2D eigenvalue weighted by molar-refractivity contribution is -0.118. The van der Waals surface area contributed by atoms with E-state index in [4.69, 9.17) is 4.74 Å². The molecule has 1 amide bonds. The molecule has 0 aliphatic carbocycles. The second-order valence-corrected chi connectivity index (χ2v) is 9.66. The number of aromatic nitrogens is 2. The summed E-state index contributed by atoms with van der Waals surface area (Å²) in [6, 6.07) is 12.8. The summed E-state index contributed by atoms with van der Waals surface area (Å²) < 4.78 is 6.99. The van der Waals surface area contributed by atoms with Crippen molar-refractivity contribution in [3.05, 3.63) is 52.5 Å². The summed E-state index contributed by atoms with van der Waals surface area (Å²) in [5.41, 5.74) is 1.92. The van der Waals surface area contributed by atoms with E-state index in [1.165, 1.54) is 23.1 Å². The van der Waals surface area contributed by atoms with E-state index in [0.29, 0.717) is 26.5 Å². The molecule has 2 N–H and O–H groups in total. The molecule has 0 bridgehead atoms. The van der Waals surface area contributed by atoms with E-state index in [1.807, 2.05) is 31.2 Å². The Morgan fingerprint density at radius 2 is 2.17 bits per heavy atom. The van der Waals surface area contributed by atoms with Crippen LogP contribution in [0.1, 0.15) is 17.3 Å². The van der Waals surface area contributed by atoms with Crippen LogP contribution in [0.3, 0.4) is 0 Å². The predicted molar refractivity (Wildman–Crippen MR) is 118 cm³/mol. The average Bonchev–Trinajstić information content (AvgIpc) is 3.13. The Balaban J connectivity index is 1.42. The number of nitrogens with one attached hydrogen (secondary N) is 2. The van der Waals surface area contributed by atoms with Crippen molar-refractivity contribution in [1.82, 2.24) is 10.2 Å². The maximum Gasteiger partial charge on any atom is 0.262 e. The number of anilines is 3. The minimum Gasteiger partial charge on any atom is -0.482 e. The summed E-state index contributed by atoms with van der Waals surface area (Å²) in [7, 11) is 0. The molecule has 1 aliphatic heterocycles. The molecule has 1 atom stereocenters. The minimum absolute atomic E-state index is 0.0140. The van der Waals surface area contributed by atoms with Crippen molar-refractivity contribution in [1.29, 1.82) is 0 Å². The minimum atomic E-state index is -0.361. The van der Waals surface area contributed by atoms with Gasteiger partial charge in [-0.1, -0.05) is 45.1 Å². The highest BCUT2D eigenvalue weighted by molar-refractivity contribution is 9.10. The topological polar surface area (TPSA) is 93.2 Å². The Labute approximate surface area is 183 Å². The zero-order valence-electron chi connectivity index (χ0n) is 15.1. The van der Waals surface area contributed by atoms with Crippen molar-refractivity contribution < 1.29 is 14.3 Å². The second-order valence-electron chi connectivity index (χ2n) is 6.18. The number of halogens is 1. The smallest absolute Gasteiger partial charge is 0.262 e. The van der Waals surface area contributed by atoms with Crippen LogP contribution in [0.2, 0.25) is 0 Å². The van der Waals surface area contributed by atoms with E-state index in [1.54, 1.807) is 18.2 Å². The van der Waals surface area contributed by atoms with Crippen molar-refractivity contribution in [2.75, 3.05) is 17.2 Å². The molecule has 4 rings (SSSR count). The first-order chi connectivity index (χ1) is 14.0. The van der Waals surface area contributed by atoms with Crippen molar-refractivity contribution in [3.63, 3.8) is 0 Å². The quantitative estimate of drug-likeness (QED) is 0.380. The summed E-state index contributed by atoms with van der Waals surface area (Å²) in [6.45, 7) is 1.81. The Morgan fingerprint density at radius 1 is 1.31 bits per heavy atom. The molecule has 0 saturated carbocycles. The maximum atomic E-state index is 12.8. The molecule has 1 aromatic heterocycles. The summed E-state index contributed by atoms with van der Waals surface area (Å²) in [5.74, 6) is 0.270. The normalized spacial score (nSPS) is 13.8. The maximum absolute atomic E-state index is 12.8. The number of ether oxygens (including phenoxy) is 1. The Bertz CT molecular complexity index is 1090. The van der Waals surface area contributed by atoms with E-state index in [-0.39, 0.29) is 23.5 Å². The van der Waals surface area contributed by atoms with Crippen LogP contribution in [0.15, 0.2) is 51.3 Å². The van der Waals surface area contributed by atoms with Gasteiger partial charge in [-0.3, -0.25) is 9.59 Å². The van der Waals surface area contributed by atoms with Crippen LogP contribution in [0, 0.1) is 0 Å². The van der Waals surface area contributed by atoms with Crippen molar-refractivity contribution in [3.8, 4) is 5.75 Å². The fourth-order valence-electron chi connectivity index (χ4n) is 2.67. The fraction of sp³-hybridized carbons (Fsp3) is 0.158. The van der Waals surface area contributed by atoms with Gasteiger partial charge in [-0.2, -0.15) is 0 Å². The lowest BCUT2D eigenvalue weighted by Crippen LogP contribution is -2.25. The third kappa shape index (κ3) is 4.77. The number of rotatable bonds is 6. The molecule has 148 valence electrons. The number of carbonyl (C=O) groups excluding carboxylic acids is 2. The van der Waals surface area contributed by atoms with Gasteiger partial charge >= 0.3 is 0 Å². The van der Waals surface area contributed by atoms with Gasteiger partial charge in [-0.25, -0.2) is 0 Å².